The summed E-state index contributed by atoms with van der Waals surface area (Å²) in [5.74, 6) is 0.0542. The van der Waals surface area contributed by atoms with Gasteiger partial charge in [0.05, 0.1) is 5.54 Å². The highest BCUT2D eigenvalue weighted by Crippen LogP contribution is 2.20. The van der Waals surface area contributed by atoms with Crippen LogP contribution in [-0.2, 0) is 4.79 Å². The number of piperazine rings is 1. The molecule has 4 nitrogen and oxygen atoms in total. The highest BCUT2D eigenvalue weighted by molar-refractivity contribution is 5.85. The highest BCUT2D eigenvalue weighted by Gasteiger charge is 2.36. The minimum absolute atomic E-state index is 0.0542. The fourth-order valence-electron chi connectivity index (χ4n) is 2.24. The number of carbonyl (C=O) groups is 1. The largest absolute Gasteiger partial charge is 0.336 e. The number of rotatable bonds is 1. The molecule has 0 aromatic carbocycles. The molecule has 1 rings (SSSR count). The van der Waals surface area contributed by atoms with Crippen molar-refractivity contribution in [3.8, 4) is 0 Å². The summed E-state index contributed by atoms with van der Waals surface area (Å²) in [5.41, 5.74) is 5.29. The van der Waals surface area contributed by atoms with Crippen molar-refractivity contribution in [1.82, 2.24) is 9.80 Å². The first-order valence-corrected chi connectivity index (χ1v) is 6.38. The van der Waals surface area contributed by atoms with E-state index in [1.807, 2.05) is 4.90 Å². The highest BCUT2D eigenvalue weighted by atomic mass is 16.2. The summed E-state index contributed by atoms with van der Waals surface area (Å²) in [6, 6.07) is 0.235. The zero-order chi connectivity index (χ0) is 13.4. The molecular weight excluding hydrogens is 214 g/mol. The van der Waals surface area contributed by atoms with Crippen LogP contribution in [0.25, 0.3) is 0 Å². The van der Waals surface area contributed by atoms with Gasteiger partial charge in [0, 0.05) is 31.2 Å². The first-order valence-electron chi connectivity index (χ1n) is 6.38. The quantitative estimate of drug-likeness (QED) is 0.746. The first-order chi connectivity index (χ1) is 7.53. The van der Waals surface area contributed by atoms with Crippen molar-refractivity contribution in [3.63, 3.8) is 0 Å². The van der Waals surface area contributed by atoms with Gasteiger partial charge in [0.25, 0.3) is 0 Å². The molecule has 1 fully saturated rings. The molecule has 0 bridgehead atoms. The Morgan fingerprint density at radius 1 is 1.18 bits per heavy atom. The summed E-state index contributed by atoms with van der Waals surface area (Å²) in [6.07, 6.45) is 0. The molecule has 4 heteroatoms. The van der Waals surface area contributed by atoms with Gasteiger partial charge in [-0.1, -0.05) is 0 Å². The van der Waals surface area contributed by atoms with Crippen molar-refractivity contribution < 1.29 is 4.79 Å². The van der Waals surface area contributed by atoms with E-state index in [-0.39, 0.29) is 17.5 Å². The van der Waals surface area contributed by atoms with Gasteiger partial charge in [-0.05, 0) is 41.5 Å². The van der Waals surface area contributed by atoms with Gasteiger partial charge in [-0.3, -0.25) is 9.69 Å². The van der Waals surface area contributed by atoms with Gasteiger partial charge in [0.15, 0.2) is 0 Å². The fourth-order valence-corrected chi connectivity index (χ4v) is 2.24. The van der Waals surface area contributed by atoms with E-state index in [1.165, 1.54) is 0 Å². The maximum Gasteiger partial charge on any atom is 0.242 e. The second-order valence-electron chi connectivity index (χ2n) is 6.69. The molecule has 1 saturated heterocycles. The van der Waals surface area contributed by atoms with E-state index in [0.29, 0.717) is 0 Å². The molecule has 1 aliphatic rings. The van der Waals surface area contributed by atoms with Crippen molar-refractivity contribution >= 4 is 5.91 Å². The Labute approximate surface area is 105 Å². The molecule has 0 spiro atoms. The van der Waals surface area contributed by atoms with Gasteiger partial charge >= 0.3 is 0 Å². The van der Waals surface area contributed by atoms with Crippen LogP contribution in [0.5, 0.6) is 0 Å². The molecule has 17 heavy (non-hydrogen) atoms. The number of amides is 1. The van der Waals surface area contributed by atoms with Crippen molar-refractivity contribution in [2.45, 2.75) is 58.7 Å². The lowest BCUT2D eigenvalue weighted by molar-refractivity contribution is -0.141. The molecule has 100 valence electrons. The Kier molecular flexibility index (Phi) is 3.89. The standard InChI is InChI=1S/C13H27N3O/c1-10-9-15(12(2,3)4)7-8-16(10)11(17)13(5,6)14/h10H,7-9,14H2,1-6H3. The molecule has 1 heterocycles. The molecule has 0 aromatic heterocycles. The predicted molar refractivity (Wildman–Crippen MR) is 70.8 cm³/mol. The molecule has 0 aromatic rings. The Morgan fingerprint density at radius 2 is 1.71 bits per heavy atom. The minimum atomic E-state index is -0.766. The third-order valence-electron chi connectivity index (χ3n) is 3.39. The molecule has 1 atom stereocenters. The number of hydrogen-bond donors (Lipinski definition) is 1. The minimum Gasteiger partial charge on any atom is -0.336 e. The average Bonchev–Trinajstić information content (AvgIpc) is 2.13. The third kappa shape index (κ3) is 3.42. The molecule has 1 unspecified atom stereocenters. The van der Waals surface area contributed by atoms with Crippen LogP contribution in [-0.4, -0.2) is 52.5 Å². The van der Waals surface area contributed by atoms with Crippen molar-refractivity contribution in [2.75, 3.05) is 19.6 Å². The summed E-state index contributed by atoms with van der Waals surface area (Å²) in [4.78, 5) is 16.5. The number of nitrogens with zero attached hydrogens (tertiary/aromatic N) is 2. The molecule has 1 aliphatic heterocycles. The SMILES string of the molecule is CC1CN(C(C)(C)C)CCN1C(=O)C(C)(C)N. The van der Waals surface area contributed by atoms with Gasteiger partial charge in [-0.25, -0.2) is 0 Å². The normalized spacial score (nSPS) is 23.9. The number of carbonyl (C=O) groups excluding carboxylic acids is 1. The first kappa shape index (κ1) is 14.5. The zero-order valence-corrected chi connectivity index (χ0v) is 12.1. The Morgan fingerprint density at radius 3 is 2.06 bits per heavy atom. The number of nitrogens with two attached hydrogens (primary N) is 1. The third-order valence-corrected chi connectivity index (χ3v) is 3.39. The summed E-state index contributed by atoms with van der Waals surface area (Å²) in [6.45, 7) is 14.9. The van der Waals surface area contributed by atoms with Crippen LogP contribution in [0.1, 0.15) is 41.5 Å². The average molecular weight is 241 g/mol. The van der Waals surface area contributed by atoms with Gasteiger partial charge in [0.1, 0.15) is 0 Å². The van der Waals surface area contributed by atoms with Gasteiger partial charge < -0.3 is 10.6 Å². The summed E-state index contributed by atoms with van der Waals surface area (Å²) < 4.78 is 0. The van der Waals surface area contributed by atoms with Gasteiger partial charge in [0.2, 0.25) is 5.91 Å². The molecule has 1 amide bonds. The van der Waals surface area contributed by atoms with E-state index in [4.69, 9.17) is 5.73 Å². The molecule has 0 saturated carbocycles. The number of hydrogen-bond acceptors (Lipinski definition) is 3. The monoisotopic (exact) mass is 241 g/mol. The summed E-state index contributed by atoms with van der Waals surface area (Å²) in [5, 5.41) is 0. The lowest BCUT2D eigenvalue weighted by atomic mass is 9.99. The Hall–Kier alpha value is -0.610. The zero-order valence-electron chi connectivity index (χ0n) is 12.1. The lowest BCUT2D eigenvalue weighted by Crippen LogP contribution is -2.62. The Bertz CT molecular complexity index is 288. The fraction of sp³-hybridized carbons (Fsp3) is 0.923. The summed E-state index contributed by atoms with van der Waals surface area (Å²) >= 11 is 0. The Balaban J connectivity index is 2.70. The summed E-state index contributed by atoms with van der Waals surface area (Å²) in [7, 11) is 0. The van der Waals surface area contributed by atoms with Crippen LogP contribution >= 0.6 is 0 Å². The molecule has 0 aliphatic carbocycles. The molecule has 0 radical (unpaired) electrons. The maximum atomic E-state index is 12.2. The predicted octanol–water partition coefficient (Wildman–Crippen LogP) is 1.05. The second kappa shape index (κ2) is 4.58. The van der Waals surface area contributed by atoms with Crippen LogP contribution in [0.3, 0.4) is 0 Å². The maximum absolute atomic E-state index is 12.2. The topological polar surface area (TPSA) is 49.6 Å². The van der Waals surface area contributed by atoms with E-state index in [2.05, 4.69) is 32.6 Å². The van der Waals surface area contributed by atoms with Crippen LogP contribution in [0.2, 0.25) is 0 Å². The van der Waals surface area contributed by atoms with Gasteiger partial charge in [-0.15, -0.1) is 0 Å². The van der Waals surface area contributed by atoms with E-state index in [1.54, 1.807) is 13.8 Å². The van der Waals surface area contributed by atoms with E-state index in [9.17, 15) is 4.79 Å². The smallest absolute Gasteiger partial charge is 0.242 e. The van der Waals surface area contributed by atoms with E-state index < -0.39 is 5.54 Å². The second-order valence-corrected chi connectivity index (χ2v) is 6.69. The van der Waals surface area contributed by atoms with Crippen LogP contribution in [0, 0.1) is 0 Å². The molecular formula is C13H27N3O. The van der Waals surface area contributed by atoms with Crippen molar-refractivity contribution in [2.24, 2.45) is 5.73 Å². The van der Waals surface area contributed by atoms with Crippen LogP contribution in [0.15, 0.2) is 0 Å². The van der Waals surface area contributed by atoms with Crippen LogP contribution < -0.4 is 5.73 Å². The lowest BCUT2D eigenvalue weighted by Gasteiger charge is -2.47. The van der Waals surface area contributed by atoms with Crippen LogP contribution in [0.4, 0.5) is 0 Å². The van der Waals surface area contributed by atoms with E-state index in [0.717, 1.165) is 19.6 Å². The van der Waals surface area contributed by atoms with E-state index >= 15 is 0 Å². The van der Waals surface area contributed by atoms with Crippen molar-refractivity contribution in [3.05, 3.63) is 0 Å². The van der Waals surface area contributed by atoms with Crippen molar-refractivity contribution in [1.29, 1.82) is 0 Å². The molecule has 2 N–H and O–H groups in total. The van der Waals surface area contributed by atoms with Gasteiger partial charge in [-0.2, -0.15) is 0 Å².